The van der Waals surface area contributed by atoms with Crippen molar-refractivity contribution in [3.05, 3.63) is 11.3 Å². The molecule has 0 N–H and O–H groups in total. The van der Waals surface area contributed by atoms with Crippen LogP contribution in [0.4, 0.5) is 0 Å². The molecule has 3 atom stereocenters. The number of fused-ring (bicyclic) bond motifs is 3. The lowest BCUT2D eigenvalue weighted by Gasteiger charge is -2.45. The normalized spacial score (nSPS) is 39.7. The molecule has 94 valence electrons. The summed E-state index contributed by atoms with van der Waals surface area (Å²) < 4.78 is 6.09. The number of alkyl halides is 1. The highest BCUT2D eigenvalue weighted by Gasteiger charge is 2.47. The van der Waals surface area contributed by atoms with Crippen molar-refractivity contribution in [1.29, 1.82) is 0 Å². The zero-order valence-corrected chi connectivity index (χ0v) is 12.0. The largest absolute Gasteiger partial charge is 0.493 e. The van der Waals surface area contributed by atoms with Gasteiger partial charge in [0.15, 0.2) is 5.78 Å². The summed E-state index contributed by atoms with van der Waals surface area (Å²) in [5.74, 6) is 1.74. The van der Waals surface area contributed by atoms with Crippen LogP contribution in [0, 0.1) is 11.3 Å². The van der Waals surface area contributed by atoms with Crippen LogP contribution in [0.3, 0.4) is 0 Å². The third kappa shape index (κ3) is 1.87. The Labute approximate surface area is 111 Å². The Bertz CT molecular complexity index is 397. The fourth-order valence-electron chi connectivity index (χ4n) is 3.52. The van der Waals surface area contributed by atoms with Gasteiger partial charge in [-0.25, -0.2) is 0 Å². The fraction of sp³-hybridized carbons (Fsp3) is 0.786. The predicted octanol–water partition coefficient (Wildman–Crippen LogP) is 3.59. The molecule has 0 saturated heterocycles. The van der Waals surface area contributed by atoms with E-state index >= 15 is 0 Å². The summed E-state index contributed by atoms with van der Waals surface area (Å²) in [6, 6.07) is 0. The van der Waals surface area contributed by atoms with Crippen LogP contribution in [0.25, 0.3) is 0 Å². The average molecular weight is 299 g/mol. The molecule has 3 aliphatic rings. The fourth-order valence-corrected chi connectivity index (χ4v) is 4.42. The van der Waals surface area contributed by atoms with Gasteiger partial charge in [-0.3, -0.25) is 4.79 Å². The number of carbonyl (C=O) groups excluding carboxylic acids is 1. The first-order valence-corrected chi connectivity index (χ1v) is 7.46. The van der Waals surface area contributed by atoms with Crippen molar-refractivity contribution in [2.45, 2.75) is 56.9 Å². The number of ether oxygens (including phenoxy) is 1. The monoisotopic (exact) mass is 298 g/mol. The van der Waals surface area contributed by atoms with E-state index < -0.39 is 0 Å². The number of halogens is 1. The van der Waals surface area contributed by atoms with E-state index in [2.05, 4.69) is 29.8 Å². The molecule has 0 amide bonds. The van der Waals surface area contributed by atoms with Gasteiger partial charge in [0.25, 0.3) is 0 Å². The number of ketones is 1. The summed E-state index contributed by atoms with van der Waals surface area (Å²) in [4.78, 5) is 12.7. The molecule has 17 heavy (non-hydrogen) atoms. The van der Waals surface area contributed by atoms with Crippen LogP contribution in [0.1, 0.15) is 46.0 Å². The molecule has 0 radical (unpaired) electrons. The summed E-state index contributed by atoms with van der Waals surface area (Å²) in [5.41, 5.74) is 1.09. The second-order valence-corrected chi connectivity index (χ2v) is 7.47. The van der Waals surface area contributed by atoms with Gasteiger partial charge in [-0.05, 0) is 24.7 Å². The van der Waals surface area contributed by atoms with Crippen LogP contribution in [-0.2, 0) is 9.53 Å². The molecular weight excluding hydrogens is 280 g/mol. The second-order valence-electron chi connectivity index (χ2n) is 6.42. The molecule has 3 heteroatoms. The zero-order chi connectivity index (χ0) is 12.2. The van der Waals surface area contributed by atoms with Crippen molar-refractivity contribution < 1.29 is 9.53 Å². The van der Waals surface area contributed by atoms with E-state index in [9.17, 15) is 4.79 Å². The maximum Gasteiger partial charge on any atom is 0.163 e. The Morgan fingerprint density at radius 3 is 2.82 bits per heavy atom. The molecule has 3 rings (SSSR count). The minimum atomic E-state index is 0.0728. The highest BCUT2D eigenvalue weighted by Crippen LogP contribution is 2.49. The van der Waals surface area contributed by atoms with Gasteiger partial charge in [0.2, 0.25) is 0 Å². The molecule has 2 bridgehead atoms. The van der Waals surface area contributed by atoms with E-state index in [0.717, 1.165) is 30.6 Å². The van der Waals surface area contributed by atoms with E-state index in [0.29, 0.717) is 22.9 Å². The Balaban J connectivity index is 2.02. The minimum absolute atomic E-state index is 0.0728. The van der Waals surface area contributed by atoms with Crippen LogP contribution in [0.15, 0.2) is 11.3 Å². The molecule has 2 aliphatic carbocycles. The molecule has 1 fully saturated rings. The number of allylic oxidation sites excluding steroid dienone is 2. The van der Waals surface area contributed by atoms with Gasteiger partial charge in [0.1, 0.15) is 11.9 Å². The van der Waals surface area contributed by atoms with Crippen molar-refractivity contribution in [1.82, 2.24) is 0 Å². The van der Waals surface area contributed by atoms with Gasteiger partial charge >= 0.3 is 0 Å². The SMILES string of the molecule is CC1(C)CC(=O)C2=C(C1)O[C@@H]1CCC[C@H]2[C@@H]1Br. The summed E-state index contributed by atoms with van der Waals surface area (Å²) in [6.45, 7) is 4.32. The summed E-state index contributed by atoms with van der Waals surface area (Å²) >= 11 is 3.74. The topological polar surface area (TPSA) is 26.3 Å². The van der Waals surface area contributed by atoms with Crippen LogP contribution in [0.5, 0.6) is 0 Å². The second kappa shape index (κ2) is 3.84. The first-order valence-electron chi connectivity index (χ1n) is 6.55. The summed E-state index contributed by atoms with van der Waals surface area (Å²) in [7, 11) is 0. The number of rotatable bonds is 0. The third-order valence-electron chi connectivity index (χ3n) is 4.29. The molecule has 1 saturated carbocycles. The Kier molecular flexibility index (Phi) is 2.66. The van der Waals surface area contributed by atoms with Gasteiger partial charge in [-0.2, -0.15) is 0 Å². The van der Waals surface area contributed by atoms with Crippen molar-refractivity contribution in [3.63, 3.8) is 0 Å². The first kappa shape index (κ1) is 11.8. The third-order valence-corrected chi connectivity index (χ3v) is 5.51. The van der Waals surface area contributed by atoms with E-state index in [1.165, 1.54) is 6.42 Å². The molecule has 0 unspecified atom stereocenters. The van der Waals surface area contributed by atoms with Crippen molar-refractivity contribution in [3.8, 4) is 0 Å². The molecule has 2 nitrogen and oxygen atoms in total. The molecule has 0 aromatic rings. The number of hydrogen-bond acceptors (Lipinski definition) is 2. The maximum absolute atomic E-state index is 12.3. The Morgan fingerprint density at radius 2 is 2.06 bits per heavy atom. The molecular formula is C14H19BrO2. The molecule has 0 aromatic carbocycles. The number of carbonyl (C=O) groups is 1. The van der Waals surface area contributed by atoms with E-state index in [1.54, 1.807) is 0 Å². The Hall–Kier alpha value is -0.310. The lowest BCUT2D eigenvalue weighted by Crippen LogP contribution is -2.45. The molecule has 0 spiro atoms. The van der Waals surface area contributed by atoms with Gasteiger partial charge in [-0.1, -0.05) is 29.8 Å². The van der Waals surface area contributed by atoms with Crippen molar-refractivity contribution in [2.24, 2.45) is 11.3 Å². The average Bonchev–Trinajstić information content (AvgIpc) is 2.16. The molecule has 0 aromatic heterocycles. The predicted molar refractivity (Wildman–Crippen MR) is 70.0 cm³/mol. The van der Waals surface area contributed by atoms with Gasteiger partial charge < -0.3 is 4.74 Å². The molecule has 1 aliphatic heterocycles. The number of Topliss-reactive ketones (excluding diaryl/α,β-unsaturated/α-hetero) is 1. The van der Waals surface area contributed by atoms with E-state index in [1.807, 2.05) is 0 Å². The smallest absolute Gasteiger partial charge is 0.163 e. The van der Waals surface area contributed by atoms with E-state index in [4.69, 9.17) is 4.74 Å². The van der Waals surface area contributed by atoms with E-state index in [-0.39, 0.29) is 11.5 Å². The van der Waals surface area contributed by atoms with Gasteiger partial charge in [-0.15, -0.1) is 0 Å². The first-order chi connectivity index (χ1) is 7.98. The zero-order valence-electron chi connectivity index (χ0n) is 10.5. The van der Waals surface area contributed by atoms with Crippen LogP contribution < -0.4 is 0 Å². The van der Waals surface area contributed by atoms with Gasteiger partial charge in [0.05, 0.1) is 4.83 Å². The quantitative estimate of drug-likeness (QED) is 0.639. The lowest BCUT2D eigenvalue weighted by molar-refractivity contribution is -0.121. The summed E-state index contributed by atoms with van der Waals surface area (Å²) in [5, 5.41) is 0. The Morgan fingerprint density at radius 1 is 1.29 bits per heavy atom. The highest BCUT2D eigenvalue weighted by molar-refractivity contribution is 9.09. The van der Waals surface area contributed by atoms with Crippen LogP contribution >= 0.6 is 15.9 Å². The summed E-state index contributed by atoms with van der Waals surface area (Å²) in [6.07, 6.45) is 5.34. The van der Waals surface area contributed by atoms with Crippen molar-refractivity contribution in [2.75, 3.05) is 0 Å². The van der Waals surface area contributed by atoms with Gasteiger partial charge in [0, 0.05) is 24.3 Å². The van der Waals surface area contributed by atoms with Crippen LogP contribution in [0.2, 0.25) is 0 Å². The molecule has 1 heterocycles. The standard InChI is InChI=1S/C14H19BrO2/c1-14(2)6-9(16)12-8-4-3-5-10(13(8)15)17-11(12)7-14/h8,10,13H,3-7H2,1-2H3/t8-,10-,13+/m1/s1. The van der Waals surface area contributed by atoms with Crippen molar-refractivity contribution >= 4 is 21.7 Å². The maximum atomic E-state index is 12.3. The number of hydrogen-bond donors (Lipinski definition) is 0. The lowest BCUT2D eigenvalue weighted by atomic mass is 9.69. The highest BCUT2D eigenvalue weighted by atomic mass is 79.9. The van der Waals surface area contributed by atoms with Crippen LogP contribution in [-0.4, -0.2) is 16.7 Å². The minimum Gasteiger partial charge on any atom is -0.493 e.